The number of piperazine rings is 1. The Labute approximate surface area is 200 Å². The van der Waals surface area contributed by atoms with Gasteiger partial charge in [0.15, 0.2) is 0 Å². The van der Waals surface area contributed by atoms with E-state index in [0.29, 0.717) is 49.7 Å². The topological polar surface area (TPSA) is 74.8 Å². The van der Waals surface area contributed by atoms with Crippen molar-refractivity contribution in [2.24, 2.45) is 0 Å². The van der Waals surface area contributed by atoms with Crippen LogP contribution in [0.3, 0.4) is 0 Å². The van der Waals surface area contributed by atoms with E-state index < -0.39 is 0 Å². The van der Waals surface area contributed by atoms with Crippen LogP contribution in [0.1, 0.15) is 28.8 Å². The molecule has 0 aliphatic carbocycles. The zero-order valence-corrected chi connectivity index (χ0v) is 19.4. The molecular formula is C27H30N4O3. The minimum Gasteiger partial charge on any atom is -0.495 e. The van der Waals surface area contributed by atoms with Crippen molar-refractivity contribution in [3.05, 3.63) is 84.1 Å². The van der Waals surface area contributed by atoms with Crippen LogP contribution in [0.25, 0.3) is 0 Å². The Hall–Kier alpha value is -3.87. The summed E-state index contributed by atoms with van der Waals surface area (Å²) in [5, 5.41) is 3.23. The van der Waals surface area contributed by atoms with Crippen molar-refractivity contribution in [3.8, 4) is 5.75 Å². The van der Waals surface area contributed by atoms with E-state index in [1.807, 2.05) is 47.4 Å². The molecule has 4 rings (SSSR count). The third kappa shape index (κ3) is 5.73. The van der Waals surface area contributed by atoms with E-state index in [0.717, 1.165) is 18.5 Å². The van der Waals surface area contributed by atoms with E-state index in [4.69, 9.17) is 4.74 Å². The van der Waals surface area contributed by atoms with E-state index in [2.05, 4.69) is 22.4 Å². The maximum atomic E-state index is 13.3. The number of nitrogens with one attached hydrogen (secondary N) is 1. The number of pyridine rings is 1. The van der Waals surface area contributed by atoms with Crippen molar-refractivity contribution < 1.29 is 14.3 Å². The molecule has 1 aliphatic heterocycles. The number of ether oxygens (including phenoxy) is 1. The molecule has 1 aliphatic rings. The smallest absolute Gasteiger partial charge is 0.257 e. The molecule has 2 amide bonds. The molecule has 0 bridgehead atoms. The van der Waals surface area contributed by atoms with Gasteiger partial charge in [0, 0.05) is 38.8 Å². The zero-order chi connectivity index (χ0) is 23.8. The Morgan fingerprint density at radius 2 is 1.62 bits per heavy atom. The summed E-state index contributed by atoms with van der Waals surface area (Å²) in [6.45, 7) is 2.11. The number of methoxy groups -OCH3 is 1. The van der Waals surface area contributed by atoms with Gasteiger partial charge >= 0.3 is 0 Å². The van der Waals surface area contributed by atoms with Gasteiger partial charge in [-0.2, -0.15) is 0 Å². The predicted octanol–water partition coefficient (Wildman–Crippen LogP) is 4.14. The number of amides is 2. The van der Waals surface area contributed by atoms with Crippen LogP contribution in [-0.2, 0) is 11.2 Å². The fourth-order valence-electron chi connectivity index (χ4n) is 4.13. The second-order valence-corrected chi connectivity index (χ2v) is 8.24. The number of nitrogens with zero attached hydrogens (tertiary/aromatic N) is 3. The van der Waals surface area contributed by atoms with Crippen LogP contribution in [0, 0.1) is 0 Å². The van der Waals surface area contributed by atoms with Gasteiger partial charge < -0.3 is 19.9 Å². The lowest BCUT2D eigenvalue weighted by Gasteiger charge is -2.35. The molecule has 7 nitrogen and oxygen atoms in total. The van der Waals surface area contributed by atoms with Crippen LogP contribution in [-0.4, -0.2) is 59.9 Å². The molecule has 2 heterocycles. The average Bonchev–Trinajstić information content (AvgIpc) is 2.89. The molecule has 3 aromatic rings. The largest absolute Gasteiger partial charge is 0.495 e. The number of hydrogen-bond acceptors (Lipinski definition) is 5. The van der Waals surface area contributed by atoms with Gasteiger partial charge in [-0.3, -0.25) is 9.59 Å². The lowest BCUT2D eigenvalue weighted by atomic mass is 10.1. The Balaban J connectivity index is 1.32. The van der Waals surface area contributed by atoms with Gasteiger partial charge in [0.1, 0.15) is 11.6 Å². The number of aryl methyl sites for hydroxylation is 1. The second-order valence-electron chi connectivity index (χ2n) is 8.24. The van der Waals surface area contributed by atoms with Crippen molar-refractivity contribution >= 4 is 23.3 Å². The van der Waals surface area contributed by atoms with Gasteiger partial charge in [0.2, 0.25) is 5.91 Å². The Morgan fingerprint density at radius 3 is 2.38 bits per heavy atom. The third-order valence-corrected chi connectivity index (χ3v) is 6.02. The Bertz CT molecular complexity index is 1110. The summed E-state index contributed by atoms with van der Waals surface area (Å²) in [5.74, 6) is 1.21. The lowest BCUT2D eigenvalue weighted by Crippen LogP contribution is -2.50. The van der Waals surface area contributed by atoms with E-state index in [1.165, 1.54) is 5.56 Å². The lowest BCUT2D eigenvalue weighted by molar-refractivity contribution is -0.132. The van der Waals surface area contributed by atoms with Gasteiger partial charge in [-0.1, -0.05) is 42.5 Å². The van der Waals surface area contributed by atoms with Crippen molar-refractivity contribution in [1.82, 2.24) is 14.8 Å². The number of carbonyl (C=O) groups is 2. The van der Waals surface area contributed by atoms with Gasteiger partial charge in [-0.05, 0) is 42.7 Å². The fourth-order valence-corrected chi connectivity index (χ4v) is 4.13. The molecule has 1 saturated heterocycles. The quantitative estimate of drug-likeness (QED) is 0.549. The first-order valence-corrected chi connectivity index (χ1v) is 11.6. The van der Waals surface area contributed by atoms with Crippen LogP contribution in [0.15, 0.2) is 72.9 Å². The average molecular weight is 459 g/mol. The Morgan fingerprint density at radius 1 is 0.912 bits per heavy atom. The molecule has 0 saturated carbocycles. The SMILES string of the molecule is COc1ccccc1Nc1ncccc1C(=O)N1CCN(C(=O)CCCc2ccccc2)CC1. The van der Waals surface area contributed by atoms with Crippen molar-refractivity contribution in [3.63, 3.8) is 0 Å². The molecule has 0 spiro atoms. The van der Waals surface area contributed by atoms with E-state index in [-0.39, 0.29) is 11.8 Å². The summed E-state index contributed by atoms with van der Waals surface area (Å²) >= 11 is 0. The number of rotatable bonds is 8. The minimum absolute atomic E-state index is 0.0957. The highest BCUT2D eigenvalue weighted by Gasteiger charge is 2.26. The monoisotopic (exact) mass is 458 g/mol. The standard InChI is InChI=1S/C27H30N4O3/c1-34-24-14-6-5-13-23(24)29-26-22(12-8-16-28-26)27(33)31-19-17-30(18-20-31)25(32)15-7-11-21-9-3-2-4-10-21/h2-6,8-10,12-14,16H,7,11,15,17-20H2,1H3,(H,28,29). The summed E-state index contributed by atoms with van der Waals surface area (Å²) in [5.41, 5.74) is 2.49. The highest BCUT2D eigenvalue weighted by Crippen LogP contribution is 2.28. The summed E-state index contributed by atoms with van der Waals surface area (Å²) < 4.78 is 5.40. The fraction of sp³-hybridized carbons (Fsp3) is 0.296. The van der Waals surface area contributed by atoms with Crippen LogP contribution in [0.4, 0.5) is 11.5 Å². The first-order chi connectivity index (χ1) is 16.7. The second kappa shape index (κ2) is 11.3. The number of benzene rings is 2. The zero-order valence-electron chi connectivity index (χ0n) is 19.4. The molecule has 1 fully saturated rings. The summed E-state index contributed by atoms with van der Waals surface area (Å²) in [4.78, 5) is 34.0. The molecule has 1 aromatic heterocycles. The summed E-state index contributed by atoms with van der Waals surface area (Å²) in [6, 6.07) is 21.3. The van der Waals surface area contributed by atoms with Crippen LogP contribution in [0.2, 0.25) is 0 Å². The van der Waals surface area contributed by atoms with Gasteiger partial charge in [-0.25, -0.2) is 4.98 Å². The first kappa shape index (κ1) is 23.3. The molecule has 176 valence electrons. The third-order valence-electron chi connectivity index (χ3n) is 6.02. The van der Waals surface area contributed by atoms with Crippen molar-refractivity contribution in [1.29, 1.82) is 0 Å². The number of hydrogen-bond donors (Lipinski definition) is 1. The normalized spacial score (nSPS) is 13.4. The summed E-state index contributed by atoms with van der Waals surface area (Å²) in [7, 11) is 1.60. The highest BCUT2D eigenvalue weighted by atomic mass is 16.5. The first-order valence-electron chi connectivity index (χ1n) is 11.6. The molecule has 0 radical (unpaired) electrons. The molecule has 34 heavy (non-hydrogen) atoms. The maximum absolute atomic E-state index is 13.3. The van der Waals surface area contributed by atoms with Crippen LogP contribution in [0.5, 0.6) is 5.75 Å². The molecule has 0 atom stereocenters. The van der Waals surface area contributed by atoms with Crippen LogP contribution >= 0.6 is 0 Å². The Kier molecular flexibility index (Phi) is 7.75. The van der Waals surface area contributed by atoms with E-state index in [1.54, 1.807) is 30.3 Å². The van der Waals surface area contributed by atoms with E-state index in [9.17, 15) is 9.59 Å². The van der Waals surface area contributed by atoms with Crippen molar-refractivity contribution in [2.75, 3.05) is 38.6 Å². The number of aromatic nitrogens is 1. The molecular weight excluding hydrogens is 428 g/mol. The highest BCUT2D eigenvalue weighted by molar-refractivity contribution is 5.99. The maximum Gasteiger partial charge on any atom is 0.257 e. The van der Waals surface area contributed by atoms with Gasteiger partial charge in [0.05, 0.1) is 18.4 Å². The predicted molar refractivity (Wildman–Crippen MR) is 132 cm³/mol. The summed E-state index contributed by atoms with van der Waals surface area (Å²) in [6.07, 6.45) is 3.91. The molecule has 1 N–H and O–H groups in total. The van der Waals surface area contributed by atoms with Crippen molar-refractivity contribution in [2.45, 2.75) is 19.3 Å². The van der Waals surface area contributed by atoms with E-state index >= 15 is 0 Å². The molecule has 0 unspecified atom stereocenters. The molecule has 7 heteroatoms. The number of anilines is 2. The van der Waals surface area contributed by atoms with Gasteiger partial charge in [0.25, 0.3) is 5.91 Å². The van der Waals surface area contributed by atoms with Gasteiger partial charge in [-0.15, -0.1) is 0 Å². The minimum atomic E-state index is -0.0957. The number of para-hydroxylation sites is 2. The van der Waals surface area contributed by atoms with Crippen LogP contribution < -0.4 is 10.1 Å². The number of carbonyl (C=O) groups excluding carboxylic acids is 2. The molecule has 2 aromatic carbocycles.